The average molecular weight is 514 g/mol. The summed E-state index contributed by atoms with van der Waals surface area (Å²) < 4.78 is 7.60. The third-order valence-electron chi connectivity index (χ3n) is 8.27. The van der Waals surface area contributed by atoms with Crippen LogP contribution in [0.5, 0.6) is 0 Å². The summed E-state index contributed by atoms with van der Waals surface area (Å²) in [5.41, 5.74) is 20.5. The number of benzene rings is 4. The normalized spacial score (nSPS) is 11.2. The van der Waals surface area contributed by atoms with Crippen LogP contribution in [0.1, 0.15) is 66.8 Å². The third kappa shape index (κ3) is 5.80. The van der Waals surface area contributed by atoms with E-state index in [1.165, 1.54) is 88.6 Å². The van der Waals surface area contributed by atoms with Crippen molar-refractivity contribution in [3.05, 3.63) is 115 Å². The Hall–Kier alpha value is -3.03. The summed E-state index contributed by atoms with van der Waals surface area (Å²) in [6.07, 6.45) is 0. The summed E-state index contributed by atoms with van der Waals surface area (Å²) in [7, 11) is 0. The molecule has 0 aliphatic rings. The van der Waals surface area contributed by atoms with Crippen LogP contribution in [-0.4, -0.2) is 13.8 Å². The van der Waals surface area contributed by atoms with Crippen molar-refractivity contribution in [3.8, 4) is 0 Å². The van der Waals surface area contributed by atoms with E-state index in [4.69, 9.17) is 4.57 Å². The molecular weight excluding hydrogens is 470 g/mol. The van der Waals surface area contributed by atoms with Crippen molar-refractivity contribution in [1.29, 1.82) is 0 Å². The fourth-order valence-corrected chi connectivity index (χ4v) is 7.12. The Bertz CT molecular complexity index is 1240. The topological polar surface area (TPSA) is 9.23 Å². The molecule has 4 rings (SSSR count). The minimum absolute atomic E-state index is 0.198. The van der Waals surface area contributed by atoms with Crippen molar-refractivity contribution < 1.29 is 4.57 Å². The highest BCUT2D eigenvalue weighted by molar-refractivity contribution is 6.93. The van der Waals surface area contributed by atoms with Gasteiger partial charge in [0, 0.05) is 0 Å². The highest BCUT2D eigenvalue weighted by Gasteiger charge is 2.37. The number of hydrogen-bond donors (Lipinski definition) is 0. The van der Waals surface area contributed by atoms with Gasteiger partial charge in [-0.1, -0.05) is 115 Å². The maximum absolute atomic E-state index is 7.60. The van der Waals surface area contributed by atoms with Crippen LogP contribution in [-0.2, 0) is 4.57 Å². The lowest BCUT2D eigenvalue weighted by Crippen LogP contribution is -2.60. The van der Waals surface area contributed by atoms with E-state index < -0.39 is 0 Å². The van der Waals surface area contributed by atoms with Crippen molar-refractivity contribution in [2.45, 2.75) is 83.1 Å². The van der Waals surface area contributed by atoms with Crippen LogP contribution in [0.4, 0.5) is 0 Å². The highest BCUT2D eigenvalue weighted by Crippen LogP contribution is 2.17. The van der Waals surface area contributed by atoms with Crippen molar-refractivity contribution in [2.24, 2.45) is 0 Å². The van der Waals surface area contributed by atoms with Crippen molar-refractivity contribution in [2.75, 3.05) is 0 Å². The summed E-state index contributed by atoms with van der Waals surface area (Å²) in [5.74, 6) is 0. The molecule has 39 heavy (non-hydrogen) atoms. The van der Waals surface area contributed by atoms with Crippen LogP contribution in [0.2, 0.25) is 0 Å². The maximum atomic E-state index is 7.60. The first-order valence-electron chi connectivity index (χ1n) is 14.2. The second kappa shape index (κ2) is 11.2. The van der Waals surface area contributed by atoms with Crippen LogP contribution in [0, 0.1) is 83.1 Å². The second-order valence-corrected chi connectivity index (χ2v) is 12.1. The van der Waals surface area contributed by atoms with Gasteiger partial charge in [-0.15, -0.1) is 0 Å². The molecule has 0 aromatic heterocycles. The van der Waals surface area contributed by atoms with Crippen LogP contribution >= 0.6 is 0 Å². The van der Waals surface area contributed by atoms with Crippen molar-refractivity contribution in [1.82, 2.24) is 0 Å². The van der Waals surface area contributed by atoms with E-state index >= 15 is 0 Å². The molecule has 0 atom stereocenters. The lowest BCUT2D eigenvalue weighted by atomic mass is 9.43. The molecule has 0 heterocycles. The summed E-state index contributed by atoms with van der Waals surface area (Å²) >= 11 is 0. The van der Waals surface area contributed by atoms with Crippen molar-refractivity contribution in [3.63, 3.8) is 0 Å². The fraction of sp³-hybridized carbons (Fsp3) is 0.333. The van der Waals surface area contributed by atoms with Gasteiger partial charge in [0.25, 0.3) is 0 Å². The van der Waals surface area contributed by atoms with E-state index in [0.29, 0.717) is 0 Å². The van der Waals surface area contributed by atoms with E-state index in [-0.39, 0.29) is 13.8 Å². The SMILES string of the molecule is Cc1cc(C)c(B(OB(c2c(C)cc(C)cc2C)c2c(C)cc(C)cc2C)c2c(C)cc(C)cc2C)c(C)c1. The van der Waals surface area contributed by atoms with Crippen molar-refractivity contribution >= 4 is 35.7 Å². The molecule has 3 heteroatoms. The Morgan fingerprint density at radius 1 is 0.308 bits per heavy atom. The van der Waals surface area contributed by atoms with Gasteiger partial charge in [-0.05, 0) is 105 Å². The quantitative estimate of drug-likeness (QED) is 0.274. The molecule has 0 bridgehead atoms. The van der Waals surface area contributed by atoms with Crippen LogP contribution in [0.3, 0.4) is 0 Å². The summed E-state index contributed by atoms with van der Waals surface area (Å²) in [5, 5.41) is 0. The molecule has 0 aliphatic heterocycles. The number of aryl methyl sites for hydroxylation is 12. The molecule has 0 unspecified atom stereocenters. The summed E-state index contributed by atoms with van der Waals surface area (Å²) in [6, 6.07) is 18.4. The molecule has 0 radical (unpaired) electrons. The first kappa shape index (κ1) is 29.0. The summed E-state index contributed by atoms with van der Waals surface area (Å²) in [6.45, 7) is 26.3. The van der Waals surface area contributed by atoms with E-state index in [0.717, 1.165) is 0 Å². The predicted octanol–water partition coefficient (Wildman–Crippen LogP) is 6.32. The van der Waals surface area contributed by atoms with E-state index in [2.05, 4.69) is 132 Å². The highest BCUT2D eigenvalue weighted by atomic mass is 16.4. The molecule has 0 spiro atoms. The molecule has 0 fully saturated rings. The van der Waals surface area contributed by atoms with E-state index in [1.807, 2.05) is 0 Å². The molecule has 0 N–H and O–H groups in total. The van der Waals surface area contributed by atoms with Crippen LogP contribution in [0.25, 0.3) is 0 Å². The lowest BCUT2D eigenvalue weighted by molar-refractivity contribution is 0.631. The van der Waals surface area contributed by atoms with Crippen LogP contribution < -0.4 is 21.9 Å². The zero-order valence-corrected chi connectivity index (χ0v) is 26.2. The van der Waals surface area contributed by atoms with Gasteiger partial charge >= 0.3 is 13.8 Å². The van der Waals surface area contributed by atoms with Gasteiger partial charge in [-0.2, -0.15) is 0 Å². The minimum atomic E-state index is -0.198. The molecule has 4 aromatic carbocycles. The van der Waals surface area contributed by atoms with E-state index in [1.54, 1.807) is 0 Å². The molecule has 0 aliphatic carbocycles. The van der Waals surface area contributed by atoms with Crippen LogP contribution in [0.15, 0.2) is 48.5 Å². The van der Waals surface area contributed by atoms with Gasteiger partial charge in [-0.25, -0.2) is 0 Å². The first-order chi connectivity index (χ1) is 18.3. The molecule has 0 amide bonds. The molecule has 4 aromatic rings. The van der Waals surface area contributed by atoms with E-state index in [9.17, 15) is 0 Å². The third-order valence-corrected chi connectivity index (χ3v) is 8.27. The lowest BCUT2D eigenvalue weighted by Gasteiger charge is -2.30. The maximum Gasteiger partial charge on any atom is 0.348 e. The molecular formula is C36H44B2O. The smallest absolute Gasteiger partial charge is 0.348 e. The second-order valence-electron chi connectivity index (χ2n) is 12.1. The Morgan fingerprint density at radius 3 is 0.615 bits per heavy atom. The van der Waals surface area contributed by atoms with Gasteiger partial charge in [0.15, 0.2) is 0 Å². The summed E-state index contributed by atoms with van der Waals surface area (Å²) in [4.78, 5) is 0. The zero-order chi connectivity index (χ0) is 28.8. The molecule has 0 saturated carbocycles. The minimum Gasteiger partial charge on any atom is -0.484 e. The Balaban J connectivity index is 2.07. The van der Waals surface area contributed by atoms with Gasteiger partial charge in [-0.3, -0.25) is 0 Å². The number of hydrogen-bond acceptors (Lipinski definition) is 1. The molecule has 0 saturated heterocycles. The number of rotatable bonds is 6. The largest absolute Gasteiger partial charge is 0.484 e. The average Bonchev–Trinajstić information content (AvgIpc) is 2.76. The fourth-order valence-electron chi connectivity index (χ4n) is 7.12. The first-order valence-corrected chi connectivity index (χ1v) is 14.2. The predicted molar refractivity (Wildman–Crippen MR) is 174 cm³/mol. The van der Waals surface area contributed by atoms with Gasteiger partial charge < -0.3 is 4.57 Å². The molecule has 1 nitrogen and oxygen atoms in total. The molecule has 200 valence electrons. The zero-order valence-electron chi connectivity index (χ0n) is 26.2. The Kier molecular flexibility index (Phi) is 8.33. The Labute approximate surface area is 238 Å². The standard InChI is InChI=1S/C36H44B2O/c1-21-13-25(5)33(26(6)14-21)37(34-27(7)15-22(2)16-28(34)8)39-38(35-29(9)17-23(3)18-30(35)10)36-31(11)19-24(4)20-32(36)12/h13-20H,1-12H3. The van der Waals surface area contributed by atoms with Gasteiger partial charge in [0.1, 0.15) is 0 Å². The monoisotopic (exact) mass is 514 g/mol. The van der Waals surface area contributed by atoms with Gasteiger partial charge in [0.2, 0.25) is 0 Å². The van der Waals surface area contributed by atoms with Gasteiger partial charge in [0.05, 0.1) is 0 Å². The Morgan fingerprint density at radius 2 is 0.462 bits per heavy atom.